The largest absolute Gasteiger partial charge is 0.328 e. The SMILES string of the molecule is Cc1ccc2c(c1)nc(CCCl)n2CC(C)C. The maximum atomic E-state index is 5.85. The van der Waals surface area contributed by atoms with Crippen molar-refractivity contribution < 1.29 is 0 Å². The van der Waals surface area contributed by atoms with Gasteiger partial charge in [0.05, 0.1) is 11.0 Å². The Kier molecular flexibility index (Phi) is 3.72. The van der Waals surface area contributed by atoms with E-state index in [0.717, 1.165) is 24.3 Å². The molecule has 0 aliphatic heterocycles. The number of hydrogen-bond acceptors (Lipinski definition) is 1. The summed E-state index contributed by atoms with van der Waals surface area (Å²) in [6.45, 7) is 7.56. The monoisotopic (exact) mass is 250 g/mol. The van der Waals surface area contributed by atoms with Crippen LogP contribution in [0, 0.1) is 12.8 Å². The van der Waals surface area contributed by atoms with E-state index in [1.807, 2.05) is 0 Å². The van der Waals surface area contributed by atoms with Gasteiger partial charge in [-0.2, -0.15) is 0 Å². The van der Waals surface area contributed by atoms with Gasteiger partial charge in [-0.3, -0.25) is 0 Å². The van der Waals surface area contributed by atoms with Crippen LogP contribution in [0.1, 0.15) is 25.2 Å². The lowest BCUT2D eigenvalue weighted by Gasteiger charge is -2.11. The first-order valence-corrected chi connectivity index (χ1v) is 6.67. The summed E-state index contributed by atoms with van der Waals surface area (Å²) in [5.41, 5.74) is 3.57. The maximum absolute atomic E-state index is 5.85. The van der Waals surface area contributed by atoms with E-state index in [0.29, 0.717) is 11.8 Å². The molecule has 0 saturated carbocycles. The Morgan fingerprint density at radius 2 is 2.12 bits per heavy atom. The fourth-order valence-electron chi connectivity index (χ4n) is 2.13. The molecule has 0 radical (unpaired) electrons. The van der Waals surface area contributed by atoms with E-state index in [4.69, 9.17) is 16.6 Å². The lowest BCUT2D eigenvalue weighted by atomic mass is 10.2. The van der Waals surface area contributed by atoms with Crippen LogP contribution < -0.4 is 0 Å². The molecule has 1 aromatic heterocycles. The fourth-order valence-corrected chi connectivity index (χ4v) is 2.30. The Bertz CT molecular complexity index is 514. The number of aromatic nitrogens is 2. The third-order valence-electron chi connectivity index (χ3n) is 2.85. The minimum Gasteiger partial charge on any atom is -0.328 e. The molecule has 0 fully saturated rings. The van der Waals surface area contributed by atoms with Crippen molar-refractivity contribution in [1.29, 1.82) is 0 Å². The Hall–Kier alpha value is -1.02. The van der Waals surface area contributed by atoms with Gasteiger partial charge in [-0.25, -0.2) is 4.98 Å². The van der Waals surface area contributed by atoms with Crippen molar-refractivity contribution in [3.05, 3.63) is 29.6 Å². The highest BCUT2D eigenvalue weighted by atomic mass is 35.5. The van der Waals surface area contributed by atoms with Crippen LogP contribution in [0.4, 0.5) is 0 Å². The summed E-state index contributed by atoms with van der Waals surface area (Å²) in [4.78, 5) is 4.69. The normalized spacial score (nSPS) is 11.6. The highest BCUT2D eigenvalue weighted by molar-refractivity contribution is 6.17. The van der Waals surface area contributed by atoms with Crippen LogP contribution in [0.25, 0.3) is 11.0 Å². The predicted molar refractivity (Wildman–Crippen MR) is 73.7 cm³/mol. The second-order valence-corrected chi connectivity index (χ2v) is 5.34. The molecule has 0 bridgehead atoms. The fraction of sp³-hybridized carbons (Fsp3) is 0.500. The Balaban J connectivity index is 2.54. The van der Waals surface area contributed by atoms with Crippen LogP contribution in [-0.4, -0.2) is 15.4 Å². The highest BCUT2D eigenvalue weighted by Crippen LogP contribution is 2.20. The van der Waals surface area contributed by atoms with Crippen LogP contribution in [0.3, 0.4) is 0 Å². The number of fused-ring (bicyclic) bond motifs is 1. The summed E-state index contributed by atoms with van der Waals surface area (Å²) >= 11 is 5.85. The molecule has 0 aliphatic carbocycles. The molecule has 1 heterocycles. The number of rotatable bonds is 4. The summed E-state index contributed by atoms with van der Waals surface area (Å²) < 4.78 is 2.31. The molecule has 0 N–H and O–H groups in total. The van der Waals surface area contributed by atoms with Crippen LogP contribution in [0.2, 0.25) is 0 Å². The average molecular weight is 251 g/mol. The van der Waals surface area contributed by atoms with Crippen molar-refractivity contribution in [3.63, 3.8) is 0 Å². The maximum Gasteiger partial charge on any atom is 0.111 e. The third-order valence-corrected chi connectivity index (χ3v) is 3.04. The Labute approximate surface area is 108 Å². The van der Waals surface area contributed by atoms with Crippen LogP contribution >= 0.6 is 11.6 Å². The van der Waals surface area contributed by atoms with Crippen molar-refractivity contribution >= 4 is 22.6 Å². The van der Waals surface area contributed by atoms with E-state index in [9.17, 15) is 0 Å². The van der Waals surface area contributed by atoms with Gasteiger partial charge in [0.15, 0.2) is 0 Å². The van der Waals surface area contributed by atoms with Crippen molar-refractivity contribution in [2.75, 3.05) is 5.88 Å². The van der Waals surface area contributed by atoms with Gasteiger partial charge in [0.25, 0.3) is 0 Å². The van der Waals surface area contributed by atoms with Crippen molar-refractivity contribution in [3.8, 4) is 0 Å². The summed E-state index contributed by atoms with van der Waals surface area (Å²) in [6, 6.07) is 6.45. The average Bonchev–Trinajstić information content (AvgIpc) is 2.56. The lowest BCUT2D eigenvalue weighted by molar-refractivity contribution is 0.519. The summed E-state index contributed by atoms with van der Waals surface area (Å²) in [5.74, 6) is 2.34. The molecule has 0 atom stereocenters. The van der Waals surface area contributed by atoms with Crippen molar-refractivity contribution in [1.82, 2.24) is 9.55 Å². The number of alkyl halides is 1. The molecule has 2 nitrogen and oxygen atoms in total. The van der Waals surface area contributed by atoms with E-state index >= 15 is 0 Å². The smallest absolute Gasteiger partial charge is 0.111 e. The second kappa shape index (κ2) is 5.09. The first-order chi connectivity index (χ1) is 8.11. The van der Waals surface area contributed by atoms with Gasteiger partial charge in [-0.05, 0) is 30.5 Å². The van der Waals surface area contributed by atoms with Crippen LogP contribution in [-0.2, 0) is 13.0 Å². The van der Waals surface area contributed by atoms with E-state index in [2.05, 4.69) is 43.5 Å². The van der Waals surface area contributed by atoms with Gasteiger partial charge in [-0.1, -0.05) is 19.9 Å². The van der Waals surface area contributed by atoms with E-state index < -0.39 is 0 Å². The van der Waals surface area contributed by atoms with Gasteiger partial charge < -0.3 is 4.57 Å². The molecule has 3 heteroatoms. The lowest BCUT2D eigenvalue weighted by Crippen LogP contribution is -2.09. The molecular weight excluding hydrogens is 232 g/mol. The third kappa shape index (κ3) is 2.63. The Morgan fingerprint density at radius 3 is 2.76 bits per heavy atom. The predicted octanol–water partition coefficient (Wildman–Crippen LogP) is 3.78. The first-order valence-electron chi connectivity index (χ1n) is 6.13. The van der Waals surface area contributed by atoms with Crippen LogP contribution in [0.15, 0.2) is 18.2 Å². The molecule has 0 amide bonds. The Morgan fingerprint density at radius 1 is 1.35 bits per heavy atom. The van der Waals surface area contributed by atoms with Gasteiger partial charge in [-0.15, -0.1) is 11.6 Å². The van der Waals surface area contributed by atoms with Gasteiger partial charge in [0.2, 0.25) is 0 Å². The number of benzene rings is 1. The van der Waals surface area contributed by atoms with Crippen molar-refractivity contribution in [2.24, 2.45) is 5.92 Å². The second-order valence-electron chi connectivity index (χ2n) is 4.96. The molecule has 92 valence electrons. The quantitative estimate of drug-likeness (QED) is 0.755. The molecule has 0 saturated heterocycles. The molecule has 2 rings (SSSR count). The highest BCUT2D eigenvalue weighted by Gasteiger charge is 2.11. The molecule has 17 heavy (non-hydrogen) atoms. The summed E-state index contributed by atoms with van der Waals surface area (Å²) in [6.07, 6.45) is 0.835. The van der Waals surface area contributed by atoms with Gasteiger partial charge in [0, 0.05) is 18.8 Å². The number of halogens is 1. The summed E-state index contributed by atoms with van der Waals surface area (Å²) in [5, 5.41) is 0. The minimum atomic E-state index is 0.614. The molecule has 0 spiro atoms. The number of nitrogens with zero attached hydrogens (tertiary/aromatic N) is 2. The molecule has 1 aromatic carbocycles. The van der Waals surface area contributed by atoms with E-state index in [-0.39, 0.29) is 0 Å². The topological polar surface area (TPSA) is 17.8 Å². The zero-order valence-electron chi connectivity index (χ0n) is 10.7. The zero-order valence-corrected chi connectivity index (χ0v) is 11.5. The summed E-state index contributed by atoms with van der Waals surface area (Å²) in [7, 11) is 0. The molecule has 0 aliphatic rings. The minimum absolute atomic E-state index is 0.614. The van der Waals surface area contributed by atoms with E-state index in [1.54, 1.807) is 0 Å². The van der Waals surface area contributed by atoms with Gasteiger partial charge >= 0.3 is 0 Å². The van der Waals surface area contributed by atoms with Gasteiger partial charge in [0.1, 0.15) is 5.82 Å². The number of imidazole rings is 1. The van der Waals surface area contributed by atoms with Crippen molar-refractivity contribution in [2.45, 2.75) is 33.7 Å². The number of aryl methyl sites for hydroxylation is 2. The van der Waals surface area contributed by atoms with Crippen LogP contribution in [0.5, 0.6) is 0 Å². The molecule has 0 unspecified atom stereocenters. The standard InChI is InChI=1S/C14H19ClN2/c1-10(2)9-17-13-5-4-11(3)8-12(13)16-14(17)6-7-15/h4-5,8,10H,6-7,9H2,1-3H3. The van der Waals surface area contributed by atoms with E-state index in [1.165, 1.54) is 11.1 Å². The molecule has 2 aromatic rings. The number of hydrogen-bond donors (Lipinski definition) is 0. The first kappa shape index (κ1) is 12.4. The zero-order chi connectivity index (χ0) is 12.4. The molecular formula is C14H19ClN2.